The Kier molecular flexibility index (Phi) is 5.56. The molecule has 0 aliphatic heterocycles. The fraction of sp³-hybridized carbons (Fsp3) is 0.500. The van der Waals surface area contributed by atoms with Crippen molar-refractivity contribution in [1.82, 2.24) is 0 Å². The van der Waals surface area contributed by atoms with Crippen LogP contribution in [0.2, 0.25) is 0 Å². The van der Waals surface area contributed by atoms with Crippen LogP contribution in [0.3, 0.4) is 0 Å². The van der Waals surface area contributed by atoms with E-state index in [4.69, 9.17) is 27.4 Å². The molecule has 0 spiro atoms. The van der Waals surface area contributed by atoms with Crippen LogP contribution in [-0.2, 0) is 4.74 Å². The first-order chi connectivity index (χ1) is 8.38. The summed E-state index contributed by atoms with van der Waals surface area (Å²) in [5.74, 6) is 0.788. The van der Waals surface area contributed by atoms with Crippen molar-refractivity contribution in [3.05, 3.63) is 29.8 Å². The Labute approximate surface area is 114 Å². The van der Waals surface area contributed by atoms with Gasteiger partial charge in [-0.05, 0) is 32.9 Å². The van der Waals surface area contributed by atoms with Crippen molar-refractivity contribution in [2.75, 3.05) is 13.2 Å². The van der Waals surface area contributed by atoms with Crippen LogP contribution in [0.1, 0.15) is 32.8 Å². The van der Waals surface area contributed by atoms with Gasteiger partial charge in [-0.1, -0.05) is 24.4 Å². The Morgan fingerprint density at radius 1 is 1.28 bits per heavy atom. The number of ether oxygens (including phenoxy) is 2. The van der Waals surface area contributed by atoms with Crippen molar-refractivity contribution >= 4 is 17.2 Å². The number of nitrogens with two attached hydrogens (primary N) is 1. The first-order valence-corrected chi connectivity index (χ1v) is 6.46. The summed E-state index contributed by atoms with van der Waals surface area (Å²) in [5, 5.41) is 0. The SMILES string of the molecule is CC(C)(C)OCCCOc1cccc(C(N)=S)c1. The van der Waals surface area contributed by atoms with Gasteiger partial charge in [0, 0.05) is 12.0 Å². The molecule has 4 heteroatoms. The van der Waals surface area contributed by atoms with Crippen molar-refractivity contribution < 1.29 is 9.47 Å². The van der Waals surface area contributed by atoms with E-state index >= 15 is 0 Å². The van der Waals surface area contributed by atoms with E-state index in [0.29, 0.717) is 18.2 Å². The molecule has 0 unspecified atom stereocenters. The maximum absolute atomic E-state index is 5.62. The van der Waals surface area contributed by atoms with E-state index in [0.717, 1.165) is 17.7 Å². The second kappa shape index (κ2) is 6.71. The molecule has 2 N–H and O–H groups in total. The highest BCUT2D eigenvalue weighted by atomic mass is 32.1. The zero-order valence-corrected chi connectivity index (χ0v) is 12.0. The van der Waals surface area contributed by atoms with E-state index in [9.17, 15) is 0 Å². The van der Waals surface area contributed by atoms with Crippen LogP contribution < -0.4 is 10.5 Å². The summed E-state index contributed by atoms with van der Waals surface area (Å²) in [6.45, 7) is 7.44. The lowest BCUT2D eigenvalue weighted by molar-refractivity contribution is -0.00768. The smallest absolute Gasteiger partial charge is 0.119 e. The second-order valence-electron chi connectivity index (χ2n) is 5.05. The van der Waals surface area contributed by atoms with Gasteiger partial charge in [-0.15, -0.1) is 0 Å². The molecule has 0 radical (unpaired) electrons. The van der Waals surface area contributed by atoms with E-state index in [2.05, 4.69) is 0 Å². The molecule has 1 aromatic carbocycles. The lowest BCUT2D eigenvalue weighted by Gasteiger charge is -2.19. The summed E-state index contributed by atoms with van der Waals surface area (Å²) in [4.78, 5) is 0.386. The minimum atomic E-state index is -0.0916. The van der Waals surface area contributed by atoms with Gasteiger partial charge in [0.05, 0.1) is 18.8 Å². The monoisotopic (exact) mass is 267 g/mol. The molecule has 0 amide bonds. The molecular weight excluding hydrogens is 246 g/mol. The molecule has 1 rings (SSSR count). The van der Waals surface area contributed by atoms with Gasteiger partial charge < -0.3 is 15.2 Å². The number of hydrogen-bond donors (Lipinski definition) is 1. The average molecular weight is 267 g/mol. The van der Waals surface area contributed by atoms with Gasteiger partial charge in [-0.2, -0.15) is 0 Å². The predicted molar refractivity (Wildman–Crippen MR) is 78.1 cm³/mol. The molecule has 3 nitrogen and oxygen atoms in total. The highest BCUT2D eigenvalue weighted by molar-refractivity contribution is 7.80. The number of benzene rings is 1. The predicted octanol–water partition coefficient (Wildman–Crippen LogP) is 2.90. The molecule has 0 bridgehead atoms. The van der Waals surface area contributed by atoms with Gasteiger partial charge in [0.25, 0.3) is 0 Å². The molecule has 0 aliphatic carbocycles. The normalized spacial score (nSPS) is 11.3. The molecule has 0 fully saturated rings. The standard InChI is InChI=1S/C14H21NO2S/c1-14(2,3)17-9-5-8-16-12-7-4-6-11(10-12)13(15)18/h4,6-7,10H,5,8-9H2,1-3H3,(H2,15,18). The molecule has 100 valence electrons. The largest absolute Gasteiger partial charge is 0.493 e. The topological polar surface area (TPSA) is 44.5 Å². The third kappa shape index (κ3) is 5.98. The van der Waals surface area contributed by atoms with Gasteiger partial charge in [-0.3, -0.25) is 0 Å². The molecule has 1 aromatic rings. The minimum Gasteiger partial charge on any atom is -0.493 e. The highest BCUT2D eigenvalue weighted by Crippen LogP contribution is 2.14. The Morgan fingerprint density at radius 2 is 2.00 bits per heavy atom. The van der Waals surface area contributed by atoms with Crippen molar-refractivity contribution in [3.63, 3.8) is 0 Å². The summed E-state index contributed by atoms with van der Waals surface area (Å²) >= 11 is 4.92. The van der Waals surface area contributed by atoms with Gasteiger partial charge in [0.2, 0.25) is 0 Å². The van der Waals surface area contributed by atoms with Crippen molar-refractivity contribution in [1.29, 1.82) is 0 Å². The first-order valence-electron chi connectivity index (χ1n) is 6.05. The van der Waals surface area contributed by atoms with Crippen LogP contribution in [0.25, 0.3) is 0 Å². The van der Waals surface area contributed by atoms with E-state index < -0.39 is 0 Å². The van der Waals surface area contributed by atoms with Gasteiger partial charge in [0.15, 0.2) is 0 Å². The van der Waals surface area contributed by atoms with Crippen molar-refractivity contribution in [3.8, 4) is 5.75 Å². The third-order valence-electron chi connectivity index (χ3n) is 2.21. The maximum Gasteiger partial charge on any atom is 0.119 e. The third-order valence-corrected chi connectivity index (χ3v) is 2.45. The van der Waals surface area contributed by atoms with E-state index in [-0.39, 0.29) is 5.60 Å². The zero-order valence-electron chi connectivity index (χ0n) is 11.2. The number of thiocarbonyl (C=S) groups is 1. The molecular formula is C14H21NO2S. The van der Waals surface area contributed by atoms with Crippen LogP contribution in [0.15, 0.2) is 24.3 Å². The van der Waals surface area contributed by atoms with Gasteiger partial charge in [0.1, 0.15) is 10.7 Å². The van der Waals surface area contributed by atoms with E-state index in [1.807, 2.05) is 45.0 Å². The zero-order chi connectivity index (χ0) is 13.6. The lowest BCUT2D eigenvalue weighted by Crippen LogP contribution is -2.20. The number of hydrogen-bond acceptors (Lipinski definition) is 3. The lowest BCUT2D eigenvalue weighted by atomic mass is 10.2. The summed E-state index contributed by atoms with van der Waals surface area (Å²) < 4.78 is 11.2. The molecule has 0 saturated heterocycles. The quantitative estimate of drug-likeness (QED) is 0.636. The van der Waals surface area contributed by atoms with Crippen LogP contribution in [0.4, 0.5) is 0 Å². The van der Waals surface area contributed by atoms with Crippen molar-refractivity contribution in [2.45, 2.75) is 32.8 Å². The minimum absolute atomic E-state index is 0.0916. The van der Waals surface area contributed by atoms with E-state index in [1.165, 1.54) is 0 Å². The Balaban J connectivity index is 2.31. The fourth-order valence-corrected chi connectivity index (χ4v) is 1.49. The van der Waals surface area contributed by atoms with Gasteiger partial charge >= 0.3 is 0 Å². The molecule has 18 heavy (non-hydrogen) atoms. The van der Waals surface area contributed by atoms with Crippen LogP contribution in [0.5, 0.6) is 5.75 Å². The summed E-state index contributed by atoms with van der Waals surface area (Å²) in [7, 11) is 0. The molecule has 0 atom stereocenters. The number of rotatable bonds is 6. The Hall–Kier alpha value is -1.13. The second-order valence-corrected chi connectivity index (χ2v) is 5.49. The summed E-state index contributed by atoms with van der Waals surface area (Å²) in [5.41, 5.74) is 6.30. The van der Waals surface area contributed by atoms with E-state index in [1.54, 1.807) is 0 Å². The Morgan fingerprint density at radius 3 is 2.61 bits per heavy atom. The molecule has 0 heterocycles. The summed E-state index contributed by atoms with van der Waals surface area (Å²) in [6.07, 6.45) is 0.856. The first kappa shape index (κ1) is 14.9. The van der Waals surface area contributed by atoms with Crippen LogP contribution in [-0.4, -0.2) is 23.8 Å². The maximum atomic E-state index is 5.62. The fourth-order valence-electron chi connectivity index (χ4n) is 1.37. The van der Waals surface area contributed by atoms with Crippen LogP contribution >= 0.6 is 12.2 Å². The molecule has 0 aromatic heterocycles. The van der Waals surface area contributed by atoms with Crippen LogP contribution in [0, 0.1) is 0 Å². The highest BCUT2D eigenvalue weighted by Gasteiger charge is 2.08. The van der Waals surface area contributed by atoms with Crippen molar-refractivity contribution in [2.24, 2.45) is 5.73 Å². The Bertz CT molecular complexity index is 399. The molecule has 0 aliphatic rings. The summed E-state index contributed by atoms with van der Waals surface area (Å²) in [6, 6.07) is 7.51. The van der Waals surface area contributed by atoms with Gasteiger partial charge in [-0.25, -0.2) is 0 Å². The average Bonchev–Trinajstić information content (AvgIpc) is 2.27. The molecule has 0 saturated carbocycles.